The second-order valence-corrected chi connectivity index (χ2v) is 5.86. The van der Waals surface area contributed by atoms with Gasteiger partial charge in [0.1, 0.15) is 11.6 Å². The molecule has 0 radical (unpaired) electrons. The molecule has 0 spiro atoms. The van der Waals surface area contributed by atoms with E-state index in [0.29, 0.717) is 0 Å². The first-order valence-corrected chi connectivity index (χ1v) is 5.69. The Hall–Kier alpha value is -1.25. The summed E-state index contributed by atoms with van der Waals surface area (Å²) < 4.78 is 26.3. The third kappa shape index (κ3) is 1.60. The zero-order valence-corrected chi connectivity index (χ0v) is 10.5. The van der Waals surface area contributed by atoms with E-state index in [9.17, 15) is 13.6 Å². The van der Waals surface area contributed by atoms with E-state index < -0.39 is 11.6 Å². The van der Waals surface area contributed by atoms with Crippen molar-refractivity contribution in [2.75, 3.05) is 0 Å². The molecule has 17 heavy (non-hydrogen) atoms. The molecular formula is C14H16F2O. The monoisotopic (exact) mass is 238 g/mol. The standard InChI is InChI=1S/C14H16F2O/c1-13(2)12(14(13,3)4)11(17)9-6-5-8(15)7-10(9)16/h5-7,12H,1-4H3. The van der Waals surface area contributed by atoms with Crippen molar-refractivity contribution in [2.24, 2.45) is 16.7 Å². The van der Waals surface area contributed by atoms with Crippen molar-refractivity contribution in [2.45, 2.75) is 27.7 Å². The zero-order chi connectivity index (χ0) is 13.0. The molecule has 0 atom stereocenters. The van der Waals surface area contributed by atoms with Gasteiger partial charge in [0.2, 0.25) is 0 Å². The minimum absolute atomic E-state index is 0.00458. The smallest absolute Gasteiger partial charge is 0.169 e. The lowest BCUT2D eigenvalue weighted by molar-refractivity contribution is 0.0941. The van der Waals surface area contributed by atoms with E-state index in [2.05, 4.69) is 0 Å². The van der Waals surface area contributed by atoms with Gasteiger partial charge < -0.3 is 0 Å². The van der Waals surface area contributed by atoms with Crippen molar-refractivity contribution in [3.05, 3.63) is 35.4 Å². The highest BCUT2D eigenvalue weighted by Gasteiger charge is 2.68. The minimum atomic E-state index is -0.770. The van der Waals surface area contributed by atoms with E-state index in [1.54, 1.807) is 0 Å². The summed E-state index contributed by atoms with van der Waals surface area (Å²) in [5.41, 5.74) is -0.273. The molecule has 1 nitrogen and oxygen atoms in total. The van der Waals surface area contributed by atoms with Crippen molar-refractivity contribution in [1.82, 2.24) is 0 Å². The molecule has 2 rings (SSSR count). The van der Waals surface area contributed by atoms with Crippen LogP contribution in [0.3, 0.4) is 0 Å². The summed E-state index contributed by atoms with van der Waals surface area (Å²) in [5.74, 6) is -1.85. The van der Waals surface area contributed by atoms with Crippen molar-refractivity contribution < 1.29 is 13.6 Å². The molecule has 1 aliphatic carbocycles. The molecular weight excluding hydrogens is 222 g/mol. The zero-order valence-electron chi connectivity index (χ0n) is 10.5. The van der Waals surface area contributed by atoms with Crippen molar-refractivity contribution >= 4 is 5.78 Å². The molecule has 1 saturated carbocycles. The van der Waals surface area contributed by atoms with E-state index in [-0.39, 0.29) is 28.1 Å². The Morgan fingerprint density at radius 2 is 1.65 bits per heavy atom. The van der Waals surface area contributed by atoms with Crippen molar-refractivity contribution in [1.29, 1.82) is 0 Å². The van der Waals surface area contributed by atoms with Gasteiger partial charge in [-0.25, -0.2) is 8.78 Å². The molecule has 0 unspecified atom stereocenters. The summed E-state index contributed by atoms with van der Waals surface area (Å²) >= 11 is 0. The third-order valence-electron chi connectivity index (χ3n) is 4.48. The number of hydrogen-bond acceptors (Lipinski definition) is 1. The Kier molecular flexibility index (Phi) is 2.42. The molecule has 1 aromatic carbocycles. The summed E-state index contributed by atoms with van der Waals surface area (Å²) in [4.78, 5) is 12.2. The lowest BCUT2D eigenvalue weighted by Gasteiger charge is -2.04. The highest BCUT2D eigenvalue weighted by molar-refractivity contribution is 6.01. The van der Waals surface area contributed by atoms with Gasteiger partial charge in [0.05, 0.1) is 5.56 Å². The first kappa shape index (κ1) is 12.2. The first-order chi connectivity index (χ1) is 7.69. The van der Waals surface area contributed by atoms with Crippen molar-refractivity contribution in [3.8, 4) is 0 Å². The van der Waals surface area contributed by atoms with Gasteiger partial charge in [0.25, 0.3) is 0 Å². The van der Waals surface area contributed by atoms with E-state index in [1.165, 1.54) is 6.07 Å². The van der Waals surface area contributed by atoms with Gasteiger partial charge >= 0.3 is 0 Å². The van der Waals surface area contributed by atoms with Gasteiger partial charge in [-0.15, -0.1) is 0 Å². The topological polar surface area (TPSA) is 17.1 Å². The van der Waals surface area contributed by atoms with E-state index >= 15 is 0 Å². The predicted octanol–water partition coefficient (Wildman–Crippen LogP) is 3.83. The number of carbonyl (C=O) groups excluding carboxylic acids is 1. The lowest BCUT2D eigenvalue weighted by atomic mass is 10.0. The van der Waals surface area contributed by atoms with Gasteiger partial charge in [-0.2, -0.15) is 0 Å². The fourth-order valence-corrected chi connectivity index (χ4v) is 2.70. The summed E-state index contributed by atoms with van der Waals surface area (Å²) in [6, 6.07) is 3.12. The molecule has 0 bridgehead atoms. The SMILES string of the molecule is CC1(C)C(C(=O)c2ccc(F)cc2F)C1(C)C. The number of benzene rings is 1. The van der Waals surface area contributed by atoms with Crippen LogP contribution in [0.15, 0.2) is 18.2 Å². The Labute approximate surface area is 99.8 Å². The molecule has 0 saturated heterocycles. The normalized spacial score (nSPS) is 21.3. The van der Waals surface area contributed by atoms with Gasteiger partial charge in [-0.3, -0.25) is 4.79 Å². The van der Waals surface area contributed by atoms with E-state index in [1.807, 2.05) is 27.7 Å². The predicted molar refractivity (Wildman–Crippen MR) is 61.7 cm³/mol. The van der Waals surface area contributed by atoms with Crippen LogP contribution in [0.1, 0.15) is 38.1 Å². The number of carbonyl (C=O) groups is 1. The summed E-state index contributed by atoms with van der Waals surface area (Å²) in [6.07, 6.45) is 0. The van der Waals surface area contributed by atoms with Crippen LogP contribution in [0.25, 0.3) is 0 Å². The largest absolute Gasteiger partial charge is 0.294 e. The maximum Gasteiger partial charge on any atom is 0.169 e. The van der Waals surface area contributed by atoms with E-state index in [4.69, 9.17) is 0 Å². The Morgan fingerprint density at radius 3 is 2.06 bits per heavy atom. The van der Waals surface area contributed by atoms with Crippen LogP contribution in [0, 0.1) is 28.4 Å². The average molecular weight is 238 g/mol. The number of rotatable bonds is 2. The fraction of sp³-hybridized carbons (Fsp3) is 0.500. The minimum Gasteiger partial charge on any atom is -0.294 e. The second kappa shape index (κ2) is 3.37. The van der Waals surface area contributed by atoms with Crippen molar-refractivity contribution in [3.63, 3.8) is 0 Å². The van der Waals surface area contributed by atoms with Gasteiger partial charge in [0, 0.05) is 12.0 Å². The lowest BCUT2D eigenvalue weighted by Crippen LogP contribution is -2.10. The number of halogens is 2. The maximum atomic E-state index is 13.5. The average Bonchev–Trinajstić information content (AvgIpc) is 2.56. The number of hydrogen-bond donors (Lipinski definition) is 0. The summed E-state index contributed by atoms with van der Waals surface area (Å²) in [5, 5.41) is 0. The number of ketones is 1. The Bertz CT molecular complexity index is 475. The highest BCUT2D eigenvalue weighted by atomic mass is 19.1. The first-order valence-electron chi connectivity index (χ1n) is 5.69. The van der Waals surface area contributed by atoms with Gasteiger partial charge in [-0.1, -0.05) is 27.7 Å². The molecule has 3 heteroatoms. The van der Waals surface area contributed by atoms with Gasteiger partial charge in [0.15, 0.2) is 5.78 Å². The molecule has 0 heterocycles. The van der Waals surface area contributed by atoms with Crippen LogP contribution in [0.4, 0.5) is 8.78 Å². The Balaban J connectivity index is 2.35. The second-order valence-electron chi connectivity index (χ2n) is 5.86. The highest BCUT2D eigenvalue weighted by Crippen LogP contribution is 2.69. The van der Waals surface area contributed by atoms with E-state index in [0.717, 1.165) is 12.1 Å². The van der Waals surface area contributed by atoms with Crippen LogP contribution in [0.5, 0.6) is 0 Å². The molecule has 0 aliphatic heterocycles. The summed E-state index contributed by atoms with van der Waals surface area (Å²) in [6.45, 7) is 7.99. The molecule has 0 N–H and O–H groups in total. The summed E-state index contributed by atoms with van der Waals surface area (Å²) in [7, 11) is 0. The van der Waals surface area contributed by atoms with Crippen LogP contribution in [-0.2, 0) is 0 Å². The molecule has 0 amide bonds. The molecule has 1 aromatic rings. The molecule has 1 fully saturated rings. The van der Waals surface area contributed by atoms with Gasteiger partial charge in [-0.05, 0) is 23.0 Å². The third-order valence-corrected chi connectivity index (χ3v) is 4.48. The van der Waals surface area contributed by atoms with Crippen LogP contribution in [0.2, 0.25) is 0 Å². The molecule has 1 aliphatic rings. The van der Waals surface area contributed by atoms with Crippen LogP contribution in [-0.4, -0.2) is 5.78 Å². The molecule has 0 aromatic heterocycles. The Morgan fingerprint density at radius 1 is 1.12 bits per heavy atom. The quantitative estimate of drug-likeness (QED) is 0.716. The maximum absolute atomic E-state index is 13.5. The van der Waals surface area contributed by atoms with Crippen LogP contribution < -0.4 is 0 Å². The van der Waals surface area contributed by atoms with Crippen LogP contribution >= 0.6 is 0 Å². The number of Topliss-reactive ketones (excluding diaryl/α,β-unsaturated/α-hetero) is 1. The molecule has 92 valence electrons. The fourth-order valence-electron chi connectivity index (χ4n) is 2.70.